The minimum Gasteiger partial charge on any atom is -0.338 e. The van der Waals surface area contributed by atoms with Gasteiger partial charge in [0.15, 0.2) is 0 Å². The van der Waals surface area contributed by atoms with Gasteiger partial charge in [0.2, 0.25) is 5.91 Å². The highest BCUT2D eigenvalue weighted by Gasteiger charge is 2.42. The van der Waals surface area contributed by atoms with Crippen LogP contribution in [-0.4, -0.2) is 11.4 Å². The lowest BCUT2D eigenvalue weighted by atomic mass is 9.77. The van der Waals surface area contributed by atoms with Gasteiger partial charge in [0.1, 0.15) is 5.54 Å². The van der Waals surface area contributed by atoms with Crippen molar-refractivity contribution in [2.45, 2.75) is 56.9 Å². The summed E-state index contributed by atoms with van der Waals surface area (Å²) in [5.74, 6) is 2.41. The Morgan fingerprint density at radius 3 is 2.65 bits per heavy atom. The van der Waals surface area contributed by atoms with E-state index in [0.29, 0.717) is 12.3 Å². The number of rotatable bonds is 3. The summed E-state index contributed by atoms with van der Waals surface area (Å²) >= 11 is 0. The molecule has 0 aliphatic heterocycles. The standard InChI is InChI=1S/C14H20N2O/c15-9-14(4-1-5-14)16-13(17)8-12-7-10-2-3-11(12)6-10/h10-12H,1-8H2,(H,16,17)/t10-,11-,12-/m0/s1. The van der Waals surface area contributed by atoms with E-state index in [0.717, 1.165) is 31.1 Å². The first-order valence-corrected chi connectivity index (χ1v) is 6.93. The summed E-state index contributed by atoms with van der Waals surface area (Å²) in [5.41, 5.74) is -0.505. The molecule has 3 fully saturated rings. The van der Waals surface area contributed by atoms with Crippen molar-refractivity contribution in [2.24, 2.45) is 17.8 Å². The third-order valence-electron chi connectivity index (χ3n) is 5.13. The molecule has 0 aromatic carbocycles. The van der Waals surface area contributed by atoms with Gasteiger partial charge in [0.25, 0.3) is 0 Å². The van der Waals surface area contributed by atoms with Crippen molar-refractivity contribution in [1.29, 1.82) is 5.26 Å². The van der Waals surface area contributed by atoms with Crippen molar-refractivity contribution >= 4 is 5.91 Å². The number of fused-ring (bicyclic) bond motifs is 2. The first-order chi connectivity index (χ1) is 8.21. The molecule has 2 bridgehead atoms. The number of hydrogen-bond acceptors (Lipinski definition) is 2. The van der Waals surface area contributed by atoms with Crippen molar-refractivity contribution in [3.63, 3.8) is 0 Å². The van der Waals surface area contributed by atoms with E-state index in [4.69, 9.17) is 5.26 Å². The molecule has 17 heavy (non-hydrogen) atoms. The Balaban J connectivity index is 1.52. The minimum absolute atomic E-state index is 0.115. The topological polar surface area (TPSA) is 52.9 Å². The maximum atomic E-state index is 12.0. The van der Waals surface area contributed by atoms with Crippen LogP contribution < -0.4 is 5.32 Å². The fourth-order valence-electron chi connectivity index (χ4n) is 3.98. The number of hydrogen-bond donors (Lipinski definition) is 1. The van der Waals surface area contributed by atoms with Crippen molar-refractivity contribution in [3.05, 3.63) is 0 Å². The summed E-state index contributed by atoms with van der Waals surface area (Å²) in [5, 5.41) is 12.1. The van der Waals surface area contributed by atoms with Crippen LogP contribution in [0.2, 0.25) is 0 Å². The maximum Gasteiger partial charge on any atom is 0.221 e. The summed E-state index contributed by atoms with van der Waals surface area (Å²) in [4.78, 5) is 12.0. The van der Waals surface area contributed by atoms with Crippen molar-refractivity contribution in [3.8, 4) is 6.07 Å². The molecule has 0 saturated heterocycles. The van der Waals surface area contributed by atoms with E-state index in [9.17, 15) is 4.79 Å². The van der Waals surface area contributed by atoms with Crippen molar-refractivity contribution in [1.82, 2.24) is 5.32 Å². The lowest BCUT2D eigenvalue weighted by Gasteiger charge is -2.36. The zero-order valence-corrected chi connectivity index (χ0v) is 10.2. The summed E-state index contributed by atoms with van der Waals surface area (Å²) in [7, 11) is 0. The van der Waals surface area contributed by atoms with Crippen LogP contribution in [0.4, 0.5) is 0 Å². The molecule has 0 aromatic heterocycles. The van der Waals surface area contributed by atoms with Crippen LogP contribution in [0.25, 0.3) is 0 Å². The van der Waals surface area contributed by atoms with Crippen LogP contribution in [0.3, 0.4) is 0 Å². The molecule has 0 heterocycles. The molecule has 3 nitrogen and oxygen atoms in total. The second kappa shape index (κ2) is 4.01. The number of nitrogens with one attached hydrogen (secondary N) is 1. The van der Waals surface area contributed by atoms with Gasteiger partial charge in [-0.3, -0.25) is 4.79 Å². The zero-order chi connectivity index (χ0) is 11.9. The summed E-state index contributed by atoms with van der Waals surface area (Å²) < 4.78 is 0. The summed E-state index contributed by atoms with van der Waals surface area (Å²) in [6.45, 7) is 0. The Bertz CT molecular complexity index is 367. The number of nitriles is 1. The minimum atomic E-state index is -0.505. The molecule has 0 unspecified atom stereocenters. The van der Waals surface area contributed by atoms with E-state index in [1.807, 2.05) is 0 Å². The second-order valence-corrected chi connectivity index (χ2v) is 6.23. The zero-order valence-electron chi connectivity index (χ0n) is 10.2. The van der Waals surface area contributed by atoms with E-state index < -0.39 is 5.54 Å². The van der Waals surface area contributed by atoms with E-state index in [1.54, 1.807) is 0 Å². The third-order valence-corrected chi connectivity index (χ3v) is 5.13. The van der Waals surface area contributed by atoms with Gasteiger partial charge in [0, 0.05) is 6.42 Å². The molecule has 0 spiro atoms. The third kappa shape index (κ3) is 1.94. The van der Waals surface area contributed by atoms with Crippen molar-refractivity contribution < 1.29 is 4.79 Å². The van der Waals surface area contributed by atoms with E-state index >= 15 is 0 Å². The molecular weight excluding hydrogens is 212 g/mol. The van der Waals surface area contributed by atoms with Crippen molar-refractivity contribution in [2.75, 3.05) is 0 Å². The molecule has 3 aliphatic carbocycles. The first-order valence-electron chi connectivity index (χ1n) is 6.93. The van der Waals surface area contributed by atoms with E-state index in [2.05, 4.69) is 11.4 Å². The molecule has 3 aliphatic rings. The molecule has 3 heteroatoms. The van der Waals surface area contributed by atoms with Crippen LogP contribution in [-0.2, 0) is 4.79 Å². The number of nitrogens with zero attached hydrogens (tertiary/aromatic N) is 1. The van der Waals surface area contributed by atoms with Crippen LogP contribution >= 0.6 is 0 Å². The van der Waals surface area contributed by atoms with Gasteiger partial charge in [-0.05, 0) is 56.3 Å². The molecular formula is C14H20N2O. The number of carbonyl (C=O) groups is 1. The SMILES string of the molecule is N#CC1(NC(=O)C[C@@H]2C[C@H]3CC[C@H]2C3)CCC1. The normalized spacial score (nSPS) is 37.2. The average Bonchev–Trinajstić information content (AvgIpc) is 2.85. The van der Waals surface area contributed by atoms with Gasteiger partial charge in [0.05, 0.1) is 6.07 Å². The molecule has 3 saturated carbocycles. The molecule has 3 rings (SSSR count). The van der Waals surface area contributed by atoms with Crippen LogP contribution in [0.5, 0.6) is 0 Å². The Morgan fingerprint density at radius 1 is 1.35 bits per heavy atom. The Morgan fingerprint density at radius 2 is 2.18 bits per heavy atom. The van der Waals surface area contributed by atoms with Crippen LogP contribution in [0, 0.1) is 29.1 Å². The van der Waals surface area contributed by atoms with E-state index in [1.165, 1.54) is 25.7 Å². The lowest BCUT2D eigenvalue weighted by Crippen LogP contribution is -2.52. The predicted molar refractivity (Wildman–Crippen MR) is 63.9 cm³/mol. The van der Waals surface area contributed by atoms with Gasteiger partial charge in [-0.2, -0.15) is 5.26 Å². The smallest absolute Gasteiger partial charge is 0.221 e. The fraction of sp³-hybridized carbons (Fsp3) is 0.857. The van der Waals surface area contributed by atoms with Crippen LogP contribution in [0.15, 0.2) is 0 Å². The molecule has 92 valence electrons. The fourth-order valence-corrected chi connectivity index (χ4v) is 3.98. The molecule has 0 radical (unpaired) electrons. The number of carbonyl (C=O) groups excluding carboxylic acids is 1. The first kappa shape index (κ1) is 11.1. The van der Waals surface area contributed by atoms with Gasteiger partial charge < -0.3 is 5.32 Å². The molecule has 1 N–H and O–H groups in total. The Hall–Kier alpha value is -1.04. The van der Waals surface area contributed by atoms with E-state index in [-0.39, 0.29) is 5.91 Å². The lowest BCUT2D eigenvalue weighted by molar-refractivity contribution is -0.124. The predicted octanol–water partition coefficient (Wildman–Crippen LogP) is 2.38. The average molecular weight is 232 g/mol. The van der Waals surface area contributed by atoms with Gasteiger partial charge in [-0.25, -0.2) is 0 Å². The van der Waals surface area contributed by atoms with Gasteiger partial charge in [-0.1, -0.05) is 6.42 Å². The Labute approximate surface area is 103 Å². The summed E-state index contributed by atoms with van der Waals surface area (Å²) in [6.07, 6.45) is 8.71. The maximum absolute atomic E-state index is 12.0. The van der Waals surface area contributed by atoms with Crippen LogP contribution in [0.1, 0.15) is 51.4 Å². The summed E-state index contributed by atoms with van der Waals surface area (Å²) in [6, 6.07) is 2.27. The largest absolute Gasteiger partial charge is 0.338 e. The number of amides is 1. The molecule has 1 amide bonds. The second-order valence-electron chi connectivity index (χ2n) is 6.23. The highest BCUT2D eigenvalue weighted by molar-refractivity contribution is 5.77. The highest BCUT2D eigenvalue weighted by Crippen LogP contribution is 2.49. The quantitative estimate of drug-likeness (QED) is 0.812. The molecule has 0 aromatic rings. The molecule has 3 atom stereocenters. The van der Waals surface area contributed by atoms with Gasteiger partial charge >= 0.3 is 0 Å². The monoisotopic (exact) mass is 232 g/mol. The van der Waals surface area contributed by atoms with Gasteiger partial charge in [-0.15, -0.1) is 0 Å². The highest BCUT2D eigenvalue weighted by atomic mass is 16.1. The Kier molecular flexibility index (Phi) is 2.61.